The number of hydrogen-bond acceptors (Lipinski definition) is 4. The van der Waals surface area contributed by atoms with E-state index in [9.17, 15) is 9.59 Å². The number of hydrogen-bond donors (Lipinski definition) is 0. The fourth-order valence-corrected chi connectivity index (χ4v) is 2.46. The molecule has 1 atom stereocenters. The van der Waals surface area contributed by atoms with Gasteiger partial charge in [0, 0.05) is 13.8 Å². The smallest absolute Gasteiger partial charge is 0.348 e. The summed E-state index contributed by atoms with van der Waals surface area (Å²) < 4.78 is 10.2. The summed E-state index contributed by atoms with van der Waals surface area (Å²) in [6, 6.07) is 0. The van der Waals surface area contributed by atoms with Crippen molar-refractivity contribution in [2.75, 3.05) is 0 Å². The molecule has 1 heterocycles. The summed E-state index contributed by atoms with van der Waals surface area (Å²) in [5.41, 5.74) is 1.03. The van der Waals surface area contributed by atoms with E-state index >= 15 is 0 Å². The lowest BCUT2D eigenvalue weighted by molar-refractivity contribution is -0.222. The predicted molar refractivity (Wildman–Crippen MR) is 60.9 cm³/mol. The monoisotopic (exact) mass is 238 g/mol. The molecule has 0 aromatic rings. The van der Waals surface area contributed by atoms with Crippen LogP contribution in [0.1, 0.15) is 46.5 Å². The Kier molecular flexibility index (Phi) is 2.98. The first kappa shape index (κ1) is 12.1. The topological polar surface area (TPSA) is 52.6 Å². The van der Waals surface area contributed by atoms with Gasteiger partial charge in [-0.3, -0.25) is 0 Å². The minimum absolute atomic E-state index is 0.135. The van der Waals surface area contributed by atoms with Gasteiger partial charge in [-0.2, -0.15) is 0 Å². The van der Waals surface area contributed by atoms with Crippen molar-refractivity contribution in [2.45, 2.75) is 52.2 Å². The molecule has 0 aromatic heterocycles. The second-order valence-corrected chi connectivity index (χ2v) is 5.36. The zero-order valence-corrected chi connectivity index (χ0v) is 10.5. The normalized spacial score (nSPS) is 28.8. The zero-order chi connectivity index (χ0) is 12.6. The molecule has 0 aromatic carbocycles. The highest BCUT2D eigenvalue weighted by atomic mass is 16.7. The third-order valence-corrected chi connectivity index (χ3v) is 3.21. The Morgan fingerprint density at radius 2 is 1.76 bits per heavy atom. The van der Waals surface area contributed by atoms with Crippen molar-refractivity contribution in [3.63, 3.8) is 0 Å². The van der Waals surface area contributed by atoms with Crippen LogP contribution in [0.5, 0.6) is 0 Å². The van der Waals surface area contributed by atoms with Crippen molar-refractivity contribution in [3.8, 4) is 0 Å². The molecule has 0 N–H and O–H groups in total. The van der Waals surface area contributed by atoms with Crippen LogP contribution >= 0.6 is 0 Å². The number of carbonyl (C=O) groups is 2. The van der Waals surface area contributed by atoms with Crippen LogP contribution in [0.15, 0.2) is 11.1 Å². The lowest BCUT2D eigenvalue weighted by Crippen LogP contribution is -2.42. The SMILES string of the molecule is CC1CCCC(=C2C(=O)OC(C)(C)OC2=O)C1. The molecule has 1 saturated heterocycles. The van der Waals surface area contributed by atoms with Crippen LogP contribution in [0, 0.1) is 5.92 Å². The molecule has 0 amide bonds. The molecule has 1 aliphatic carbocycles. The molecule has 2 aliphatic rings. The van der Waals surface area contributed by atoms with E-state index in [-0.39, 0.29) is 5.57 Å². The standard InChI is InChI=1S/C13H18O4/c1-8-5-4-6-9(7-8)10-11(14)16-13(2,3)17-12(10)15/h8H,4-7H2,1-3H3. The van der Waals surface area contributed by atoms with E-state index in [0.29, 0.717) is 5.92 Å². The van der Waals surface area contributed by atoms with Gasteiger partial charge in [-0.25, -0.2) is 9.59 Å². The Hall–Kier alpha value is -1.32. The van der Waals surface area contributed by atoms with E-state index < -0.39 is 17.7 Å². The van der Waals surface area contributed by atoms with Gasteiger partial charge in [0.25, 0.3) is 5.79 Å². The van der Waals surface area contributed by atoms with Crippen LogP contribution in [-0.4, -0.2) is 17.7 Å². The Morgan fingerprint density at radius 3 is 2.29 bits per heavy atom. The summed E-state index contributed by atoms with van der Waals surface area (Å²) in [5.74, 6) is -1.69. The summed E-state index contributed by atoms with van der Waals surface area (Å²) in [4.78, 5) is 23.7. The fraction of sp³-hybridized carbons (Fsp3) is 0.692. The molecule has 0 spiro atoms. The van der Waals surface area contributed by atoms with Crippen molar-refractivity contribution >= 4 is 11.9 Å². The van der Waals surface area contributed by atoms with Gasteiger partial charge in [-0.05, 0) is 30.8 Å². The second kappa shape index (κ2) is 4.17. The maximum atomic E-state index is 11.8. The molecule has 4 heteroatoms. The quantitative estimate of drug-likeness (QED) is 0.369. The van der Waals surface area contributed by atoms with Gasteiger partial charge in [0.1, 0.15) is 5.57 Å². The van der Waals surface area contributed by atoms with E-state index in [1.165, 1.54) is 0 Å². The Labute approximate surface area is 101 Å². The van der Waals surface area contributed by atoms with Crippen LogP contribution in [0.4, 0.5) is 0 Å². The van der Waals surface area contributed by atoms with Crippen LogP contribution in [0.25, 0.3) is 0 Å². The van der Waals surface area contributed by atoms with Gasteiger partial charge >= 0.3 is 11.9 Å². The largest absolute Gasteiger partial charge is 0.419 e. The molecule has 94 valence electrons. The van der Waals surface area contributed by atoms with E-state index in [1.807, 2.05) is 0 Å². The van der Waals surface area contributed by atoms with E-state index in [4.69, 9.17) is 9.47 Å². The third kappa shape index (κ3) is 2.51. The molecule has 4 nitrogen and oxygen atoms in total. The van der Waals surface area contributed by atoms with E-state index in [1.54, 1.807) is 13.8 Å². The van der Waals surface area contributed by atoms with Crippen molar-refractivity contribution in [1.82, 2.24) is 0 Å². The van der Waals surface area contributed by atoms with Crippen molar-refractivity contribution in [3.05, 3.63) is 11.1 Å². The van der Waals surface area contributed by atoms with Gasteiger partial charge in [0.2, 0.25) is 0 Å². The first-order chi connectivity index (χ1) is 7.89. The summed E-state index contributed by atoms with van der Waals surface area (Å²) in [5, 5.41) is 0. The zero-order valence-electron chi connectivity index (χ0n) is 10.5. The Bertz CT molecular complexity index is 370. The lowest BCUT2D eigenvalue weighted by atomic mass is 9.84. The maximum absolute atomic E-state index is 11.8. The number of rotatable bonds is 0. The summed E-state index contributed by atoms with van der Waals surface area (Å²) in [6.45, 7) is 5.25. The van der Waals surface area contributed by atoms with Crippen LogP contribution in [0.2, 0.25) is 0 Å². The summed E-state index contributed by atoms with van der Waals surface area (Å²) >= 11 is 0. The molecule has 1 saturated carbocycles. The number of ether oxygens (including phenoxy) is 2. The maximum Gasteiger partial charge on any atom is 0.348 e. The predicted octanol–water partition coefficient (Wildman–Crippen LogP) is 2.33. The van der Waals surface area contributed by atoms with Crippen molar-refractivity contribution in [1.29, 1.82) is 0 Å². The average molecular weight is 238 g/mol. The molecule has 0 radical (unpaired) electrons. The average Bonchev–Trinajstić information content (AvgIpc) is 2.13. The molecule has 2 rings (SSSR count). The first-order valence-corrected chi connectivity index (χ1v) is 6.08. The molecule has 17 heavy (non-hydrogen) atoms. The fourth-order valence-electron chi connectivity index (χ4n) is 2.46. The highest BCUT2D eigenvalue weighted by Crippen LogP contribution is 2.33. The van der Waals surface area contributed by atoms with Gasteiger partial charge < -0.3 is 9.47 Å². The van der Waals surface area contributed by atoms with Gasteiger partial charge in [-0.15, -0.1) is 0 Å². The van der Waals surface area contributed by atoms with E-state index in [2.05, 4.69) is 6.92 Å². The van der Waals surface area contributed by atoms with Crippen LogP contribution in [0.3, 0.4) is 0 Å². The molecular weight excluding hydrogens is 220 g/mol. The number of allylic oxidation sites excluding steroid dienone is 1. The molecule has 1 unspecified atom stereocenters. The number of esters is 2. The van der Waals surface area contributed by atoms with Gasteiger partial charge in [0.15, 0.2) is 0 Å². The molecule has 2 fully saturated rings. The Morgan fingerprint density at radius 1 is 1.18 bits per heavy atom. The van der Waals surface area contributed by atoms with Crippen LogP contribution < -0.4 is 0 Å². The summed E-state index contributed by atoms with van der Waals surface area (Å²) in [6.07, 6.45) is 3.75. The van der Waals surface area contributed by atoms with Gasteiger partial charge in [0.05, 0.1) is 0 Å². The highest BCUT2D eigenvalue weighted by molar-refractivity contribution is 6.16. The van der Waals surface area contributed by atoms with Crippen molar-refractivity contribution in [2.24, 2.45) is 5.92 Å². The Balaban J connectivity index is 2.29. The van der Waals surface area contributed by atoms with Crippen LogP contribution in [-0.2, 0) is 19.1 Å². The number of cyclic esters (lactones) is 2. The number of carbonyl (C=O) groups excluding carboxylic acids is 2. The minimum Gasteiger partial charge on any atom is -0.419 e. The first-order valence-electron chi connectivity index (χ1n) is 6.08. The van der Waals surface area contributed by atoms with Gasteiger partial charge in [-0.1, -0.05) is 13.3 Å². The highest BCUT2D eigenvalue weighted by Gasteiger charge is 2.40. The third-order valence-electron chi connectivity index (χ3n) is 3.21. The van der Waals surface area contributed by atoms with E-state index in [0.717, 1.165) is 31.3 Å². The summed E-state index contributed by atoms with van der Waals surface area (Å²) in [7, 11) is 0. The second-order valence-electron chi connectivity index (χ2n) is 5.36. The van der Waals surface area contributed by atoms with Crippen molar-refractivity contribution < 1.29 is 19.1 Å². The molecular formula is C13H18O4. The molecule has 0 bridgehead atoms. The lowest BCUT2D eigenvalue weighted by Gasteiger charge is -2.32. The minimum atomic E-state index is -1.14. The molecule has 1 aliphatic heterocycles.